The minimum Gasteiger partial charge on any atom is -0.340 e. The number of imide groups is 1. The fourth-order valence-electron chi connectivity index (χ4n) is 2.88. The summed E-state index contributed by atoms with van der Waals surface area (Å²) in [5.41, 5.74) is 0.557. The minimum absolute atomic E-state index is 0.0251. The van der Waals surface area contributed by atoms with Crippen molar-refractivity contribution in [2.24, 2.45) is 0 Å². The lowest BCUT2D eigenvalue weighted by Crippen LogP contribution is -2.45. The molecule has 144 valence electrons. The number of carbonyl (C=O) groups is 3. The number of sulfone groups is 1. The SMILES string of the molecule is CN(C(=O)CN1C(=O)S/C(=C/c2ccc(F)cc2)C1=O)C1CCS(=O)(=O)C1. The molecular weight excluding hydrogens is 395 g/mol. The van der Waals surface area contributed by atoms with Gasteiger partial charge in [-0.05, 0) is 42.0 Å². The summed E-state index contributed by atoms with van der Waals surface area (Å²) in [7, 11) is -1.68. The number of thioether (sulfide) groups is 1. The van der Waals surface area contributed by atoms with Gasteiger partial charge in [-0.2, -0.15) is 0 Å². The lowest BCUT2D eigenvalue weighted by Gasteiger charge is -2.25. The number of likely N-dealkylation sites (N-methyl/N-ethyl adjacent to an activating group) is 1. The molecule has 0 spiro atoms. The Labute approximate surface area is 160 Å². The van der Waals surface area contributed by atoms with E-state index in [1.165, 1.54) is 42.3 Å². The van der Waals surface area contributed by atoms with Gasteiger partial charge in [-0.15, -0.1) is 0 Å². The highest BCUT2D eigenvalue weighted by Crippen LogP contribution is 2.32. The smallest absolute Gasteiger partial charge is 0.294 e. The van der Waals surface area contributed by atoms with Crippen LogP contribution in [0.1, 0.15) is 12.0 Å². The maximum Gasteiger partial charge on any atom is 0.294 e. The fourth-order valence-corrected chi connectivity index (χ4v) is 5.49. The minimum atomic E-state index is -3.15. The molecular formula is C17H17FN2O5S2. The number of nitrogens with zero attached hydrogens (tertiary/aromatic N) is 2. The molecule has 0 saturated carbocycles. The maximum atomic E-state index is 13.0. The second-order valence-electron chi connectivity index (χ2n) is 6.38. The Balaban J connectivity index is 1.68. The lowest BCUT2D eigenvalue weighted by molar-refractivity contribution is -0.136. The summed E-state index contributed by atoms with van der Waals surface area (Å²) in [6, 6.07) is 4.98. The maximum absolute atomic E-state index is 13.0. The molecule has 0 N–H and O–H groups in total. The Morgan fingerprint density at radius 3 is 2.59 bits per heavy atom. The molecule has 1 atom stereocenters. The molecule has 7 nitrogen and oxygen atoms in total. The highest BCUT2D eigenvalue weighted by molar-refractivity contribution is 8.18. The van der Waals surface area contributed by atoms with Gasteiger partial charge < -0.3 is 4.90 Å². The summed E-state index contributed by atoms with van der Waals surface area (Å²) in [6.45, 7) is -0.446. The van der Waals surface area contributed by atoms with Gasteiger partial charge in [0.2, 0.25) is 5.91 Å². The molecule has 0 radical (unpaired) electrons. The van der Waals surface area contributed by atoms with Crippen molar-refractivity contribution in [2.75, 3.05) is 25.1 Å². The molecule has 3 amide bonds. The molecule has 3 rings (SSSR count). The number of hydrogen-bond donors (Lipinski definition) is 0. The lowest BCUT2D eigenvalue weighted by atomic mass is 10.2. The van der Waals surface area contributed by atoms with Crippen molar-refractivity contribution >= 4 is 44.7 Å². The van der Waals surface area contributed by atoms with Crippen molar-refractivity contribution in [3.05, 3.63) is 40.6 Å². The summed E-state index contributed by atoms with van der Waals surface area (Å²) in [5, 5.41) is -0.575. The van der Waals surface area contributed by atoms with E-state index in [1.807, 2.05) is 0 Å². The topological polar surface area (TPSA) is 91.8 Å². The first kappa shape index (κ1) is 19.6. The Kier molecular flexibility index (Phi) is 5.38. The van der Waals surface area contributed by atoms with Gasteiger partial charge in [0.15, 0.2) is 9.84 Å². The molecule has 2 aliphatic heterocycles. The van der Waals surface area contributed by atoms with Gasteiger partial charge in [0.25, 0.3) is 11.1 Å². The van der Waals surface area contributed by atoms with Crippen LogP contribution in [0.15, 0.2) is 29.2 Å². The van der Waals surface area contributed by atoms with Crippen LogP contribution in [0, 0.1) is 5.82 Å². The molecule has 10 heteroatoms. The number of amides is 3. The molecule has 2 fully saturated rings. The molecule has 1 aromatic carbocycles. The molecule has 2 saturated heterocycles. The van der Waals surface area contributed by atoms with Crippen molar-refractivity contribution in [1.82, 2.24) is 9.80 Å². The summed E-state index contributed by atoms with van der Waals surface area (Å²) in [5.74, 6) is -1.60. The van der Waals surface area contributed by atoms with E-state index >= 15 is 0 Å². The van der Waals surface area contributed by atoms with Crippen molar-refractivity contribution in [1.29, 1.82) is 0 Å². The van der Waals surface area contributed by atoms with E-state index in [0.717, 1.165) is 4.90 Å². The van der Waals surface area contributed by atoms with Gasteiger partial charge in [0.1, 0.15) is 12.4 Å². The van der Waals surface area contributed by atoms with Crippen LogP contribution in [0.2, 0.25) is 0 Å². The van der Waals surface area contributed by atoms with Gasteiger partial charge in [0, 0.05) is 13.1 Å². The molecule has 1 unspecified atom stereocenters. The zero-order chi connectivity index (χ0) is 19.8. The van der Waals surface area contributed by atoms with Crippen LogP contribution in [0.3, 0.4) is 0 Å². The molecule has 1 aromatic rings. The number of halogens is 1. The largest absolute Gasteiger partial charge is 0.340 e. The van der Waals surface area contributed by atoms with Gasteiger partial charge in [-0.25, -0.2) is 12.8 Å². The van der Waals surface area contributed by atoms with Gasteiger partial charge in [-0.3, -0.25) is 19.3 Å². The van der Waals surface area contributed by atoms with Gasteiger partial charge in [-0.1, -0.05) is 12.1 Å². The second kappa shape index (κ2) is 7.43. The molecule has 2 aliphatic rings. The molecule has 0 aliphatic carbocycles. The van der Waals surface area contributed by atoms with Crippen molar-refractivity contribution < 1.29 is 27.2 Å². The number of benzene rings is 1. The summed E-state index contributed by atoms with van der Waals surface area (Å²) in [6.07, 6.45) is 1.80. The van der Waals surface area contributed by atoms with E-state index in [9.17, 15) is 27.2 Å². The van der Waals surface area contributed by atoms with E-state index < -0.39 is 45.3 Å². The third-order valence-corrected chi connectivity index (χ3v) is 7.14. The van der Waals surface area contributed by atoms with Crippen LogP contribution < -0.4 is 0 Å². The second-order valence-corrected chi connectivity index (χ2v) is 9.60. The van der Waals surface area contributed by atoms with E-state index in [0.29, 0.717) is 23.7 Å². The predicted molar refractivity (Wildman–Crippen MR) is 98.9 cm³/mol. The number of carbonyl (C=O) groups excluding carboxylic acids is 3. The first-order valence-corrected chi connectivity index (χ1v) is 10.8. The first-order valence-electron chi connectivity index (χ1n) is 8.13. The van der Waals surface area contributed by atoms with Crippen molar-refractivity contribution in [3.8, 4) is 0 Å². The van der Waals surface area contributed by atoms with Crippen LogP contribution in [-0.4, -0.2) is 66.4 Å². The third-order valence-electron chi connectivity index (χ3n) is 4.48. The Morgan fingerprint density at radius 1 is 1.33 bits per heavy atom. The van der Waals surface area contributed by atoms with Crippen LogP contribution >= 0.6 is 11.8 Å². The molecule has 2 heterocycles. The Hall–Kier alpha value is -2.20. The van der Waals surface area contributed by atoms with E-state index in [2.05, 4.69) is 0 Å². The highest BCUT2D eigenvalue weighted by atomic mass is 32.2. The van der Waals surface area contributed by atoms with Gasteiger partial charge in [0.05, 0.1) is 16.4 Å². The zero-order valence-corrected chi connectivity index (χ0v) is 16.1. The molecule has 0 aromatic heterocycles. The van der Waals surface area contributed by atoms with E-state index in [-0.39, 0.29) is 16.4 Å². The number of rotatable bonds is 4. The van der Waals surface area contributed by atoms with Crippen LogP contribution in [0.4, 0.5) is 9.18 Å². The van der Waals surface area contributed by atoms with E-state index in [1.54, 1.807) is 0 Å². The summed E-state index contributed by atoms with van der Waals surface area (Å²) >= 11 is 0.705. The summed E-state index contributed by atoms with van der Waals surface area (Å²) < 4.78 is 36.1. The van der Waals surface area contributed by atoms with Crippen molar-refractivity contribution in [3.63, 3.8) is 0 Å². The number of hydrogen-bond acceptors (Lipinski definition) is 6. The van der Waals surface area contributed by atoms with E-state index in [4.69, 9.17) is 0 Å². The first-order chi connectivity index (χ1) is 12.7. The van der Waals surface area contributed by atoms with Crippen LogP contribution in [0.5, 0.6) is 0 Å². The Morgan fingerprint density at radius 2 is 2.00 bits per heavy atom. The fraction of sp³-hybridized carbons (Fsp3) is 0.353. The average Bonchev–Trinajstić information content (AvgIpc) is 3.10. The standard InChI is InChI=1S/C17H17FN2O5S2/c1-19(13-6-7-27(24,25)10-13)15(21)9-20-16(22)14(26-17(20)23)8-11-2-4-12(18)5-3-11/h2-5,8,13H,6-7,9-10H2,1H3/b14-8+. The van der Waals surface area contributed by atoms with Crippen LogP contribution in [0.25, 0.3) is 6.08 Å². The summed E-state index contributed by atoms with van der Waals surface area (Å²) in [4.78, 5) is 39.2. The third kappa shape index (κ3) is 4.38. The average molecular weight is 412 g/mol. The van der Waals surface area contributed by atoms with Crippen LogP contribution in [-0.2, 0) is 19.4 Å². The monoisotopic (exact) mass is 412 g/mol. The highest BCUT2D eigenvalue weighted by Gasteiger charge is 2.39. The quantitative estimate of drug-likeness (QED) is 0.696. The predicted octanol–water partition coefficient (Wildman–Crippen LogP) is 1.51. The Bertz CT molecular complexity index is 927. The van der Waals surface area contributed by atoms with Crippen molar-refractivity contribution in [2.45, 2.75) is 12.5 Å². The zero-order valence-electron chi connectivity index (χ0n) is 14.4. The molecule has 27 heavy (non-hydrogen) atoms. The molecule has 0 bridgehead atoms. The van der Waals surface area contributed by atoms with Gasteiger partial charge >= 0.3 is 0 Å². The normalized spacial score (nSPS) is 23.3.